The number of primary amides is 1. The molecule has 0 fully saturated rings. The number of amides is 1. The van der Waals surface area contributed by atoms with E-state index in [0.717, 1.165) is 0 Å². The zero-order chi connectivity index (χ0) is 16.4. The Bertz CT molecular complexity index is 830. The first-order valence-corrected chi connectivity index (χ1v) is 6.61. The standard InChI is InChI=1S/C16H14FN3O2/c1-9(2)20-8-12(10-3-5-11(17)6-4-10)15(21)14(16(19)22)13(20)7-18/h3-6,8-9H,1-2H3,(H2,19,22). The van der Waals surface area contributed by atoms with Crippen LogP contribution in [0, 0.1) is 17.1 Å². The van der Waals surface area contributed by atoms with E-state index < -0.39 is 17.2 Å². The number of benzene rings is 1. The average Bonchev–Trinajstić information content (AvgIpc) is 2.46. The molecule has 2 N–H and O–H groups in total. The van der Waals surface area contributed by atoms with Crippen molar-refractivity contribution in [1.82, 2.24) is 4.57 Å². The van der Waals surface area contributed by atoms with Crippen LogP contribution in [0.5, 0.6) is 0 Å². The van der Waals surface area contributed by atoms with Crippen LogP contribution in [0.4, 0.5) is 4.39 Å². The molecule has 1 amide bonds. The predicted molar refractivity (Wildman–Crippen MR) is 79.7 cm³/mol. The normalized spacial score (nSPS) is 10.5. The van der Waals surface area contributed by atoms with Crippen LogP contribution < -0.4 is 11.2 Å². The fourth-order valence-corrected chi connectivity index (χ4v) is 2.22. The zero-order valence-corrected chi connectivity index (χ0v) is 12.1. The van der Waals surface area contributed by atoms with Gasteiger partial charge in [0.15, 0.2) is 0 Å². The van der Waals surface area contributed by atoms with E-state index in [2.05, 4.69) is 0 Å². The summed E-state index contributed by atoms with van der Waals surface area (Å²) in [5, 5.41) is 9.25. The Morgan fingerprint density at radius 2 is 1.91 bits per heavy atom. The van der Waals surface area contributed by atoms with Crippen molar-refractivity contribution in [2.24, 2.45) is 5.73 Å². The summed E-state index contributed by atoms with van der Waals surface area (Å²) in [6, 6.07) is 7.01. The molecule has 0 unspecified atom stereocenters. The fourth-order valence-electron chi connectivity index (χ4n) is 2.22. The molecule has 0 atom stereocenters. The third-order valence-electron chi connectivity index (χ3n) is 3.30. The monoisotopic (exact) mass is 299 g/mol. The summed E-state index contributed by atoms with van der Waals surface area (Å²) in [7, 11) is 0. The molecule has 0 bridgehead atoms. The topological polar surface area (TPSA) is 88.9 Å². The van der Waals surface area contributed by atoms with Crippen LogP contribution in [0.2, 0.25) is 0 Å². The lowest BCUT2D eigenvalue weighted by molar-refractivity contribution is 0.0998. The molecule has 0 aliphatic rings. The van der Waals surface area contributed by atoms with Crippen LogP contribution in [-0.4, -0.2) is 10.5 Å². The van der Waals surface area contributed by atoms with Crippen LogP contribution in [0.3, 0.4) is 0 Å². The minimum Gasteiger partial charge on any atom is -0.365 e. The lowest BCUT2D eigenvalue weighted by Gasteiger charge is -2.17. The van der Waals surface area contributed by atoms with Gasteiger partial charge in [-0.05, 0) is 31.5 Å². The molecule has 0 aliphatic carbocycles. The highest BCUT2D eigenvalue weighted by molar-refractivity contribution is 5.96. The molecule has 0 spiro atoms. The molecule has 1 aromatic heterocycles. The smallest absolute Gasteiger partial charge is 0.255 e. The largest absolute Gasteiger partial charge is 0.365 e. The van der Waals surface area contributed by atoms with Gasteiger partial charge in [-0.1, -0.05) is 12.1 Å². The molecule has 112 valence electrons. The van der Waals surface area contributed by atoms with Crippen molar-refractivity contribution in [3.63, 3.8) is 0 Å². The van der Waals surface area contributed by atoms with Gasteiger partial charge in [0.2, 0.25) is 5.43 Å². The van der Waals surface area contributed by atoms with Gasteiger partial charge < -0.3 is 10.3 Å². The Balaban J connectivity index is 2.87. The zero-order valence-electron chi connectivity index (χ0n) is 12.1. The second-order valence-electron chi connectivity index (χ2n) is 5.08. The first-order chi connectivity index (χ1) is 10.4. The second-order valence-corrected chi connectivity index (χ2v) is 5.08. The number of carbonyl (C=O) groups excluding carboxylic acids is 1. The van der Waals surface area contributed by atoms with E-state index in [1.54, 1.807) is 0 Å². The Hall–Kier alpha value is -2.94. The molecule has 0 saturated carbocycles. The van der Waals surface area contributed by atoms with Gasteiger partial charge in [0.05, 0.1) is 0 Å². The van der Waals surface area contributed by atoms with Crippen molar-refractivity contribution in [2.75, 3.05) is 0 Å². The summed E-state index contributed by atoms with van der Waals surface area (Å²) in [6.07, 6.45) is 1.49. The highest BCUT2D eigenvalue weighted by Gasteiger charge is 2.21. The number of nitriles is 1. The van der Waals surface area contributed by atoms with E-state index in [1.165, 1.54) is 35.0 Å². The number of hydrogen-bond acceptors (Lipinski definition) is 3. The van der Waals surface area contributed by atoms with Gasteiger partial charge in [0.25, 0.3) is 5.91 Å². The van der Waals surface area contributed by atoms with Crippen molar-refractivity contribution in [3.05, 3.63) is 57.8 Å². The number of nitrogens with zero attached hydrogens (tertiary/aromatic N) is 2. The molecular formula is C16H14FN3O2. The highest BCUT2D eigenvalue weighted by Crippen LogP contribution is 2.21. The molecule has 2 rings (SSSR count). The van der Waals surface area contributed by atoms with E-state index in [0.29, 0.717) is 5.56 Å². The first kappa shape index (κ1) is 15.4. The van der Waals surface area contributed by atoms with E-state index in [-0.39, 0.29) is 22.9 Å². The SMILES string of the molecule is CC(C)n1cc(-c2ccc(F)cc2)c(=O)c(C(N)=O)c1C#N. The van der Waals surface area contributed by atoms with E-state index in [9.17, 15) is 19.2 Å². The van der Waals surface area contributed by atoms with E-state index >= 15 is 0 Å². The summed E-state index contributed by atoms with van der Waals surface area (Å²) in [5.74, 6) is -1.39. The van der Waals surface area contributed by atoms with Crippen molar-refractivity contribution >= 4 is 5.91 Å². The maximum Gasteiger partial charge on any atom is 0.255 e. The van der Waals surface area contributed by atoms with Gasteiger partial charge >= 0.3 is 0 Å². The first-order valence-electron chi connectivity index (χ1n) is 6.61. The summed E-state index contributed by atoms with van der Waals surface area (Å²) >= 11 is 0. The Labute approximate surface area is 126 Å². The van der Waals surface area contributed by atoms with E-state index in [4.69, 9.17) is 5.73 Å². The van der Waals surface area contributed by atoms with Gasteiger partial charge in [-0.25, -0.2) is 4.39 Å². The Morgan fingerprint density at radius 1 is 1.32 bits per heavy atom. The summed E-state index contributed by atoms with van der Waals surface area (Å²) in [6.45, 7) is 3.62. The van der Waals surface area contributed by atoms with E-state index in [1.807, 2.05) is 19.9 Å². The van der Waals surface area contributed by atoms with Crippen molar-refractivity contribution in [1.29, 1.82) is 5.26 Å². The molecule has 6 heteroatoms. The summed E-state index contributed by atoms with van der Waals surface area (Å²) in [4.78, 5) is 24.1. The number of pyridine rings is 1. The molecule has 0 radical (unpaired) electrons. The van der Waals surface area contributed by atoms with Crippen molar-refractivity contribution in [2.45, 2.75) is 19.9 Å². The minimum absolute atomic E-state index is 0.0710. The third kappa shape index (κ3) is 2.61. The van der Waals surface area contributed by atoms with Crippen molar-refractivity contribution < 1.29 is 9.18 Å². The number of hydrogen-bond donors (Lipinski definition) is 1. The number of rotatable bonds is 3. The van der Waals surface area contributed by atoms with Crippen LogP contribution in [0.1, 0.15) is 35.9 Å². The number of carbonyl (C=O) groups is 1. The maximum absolute atomic E-state index is 13.0. The molecule has 0 aliphatic heterocycles. The van der Waals surface area contributed by atoms with Gasteiger partial charge in [0.1, 0.15) is 23.1 Å². The molecule has 1 aromatic carbocycles. The molecule has 5 nitrogen and oxygen atoms in total. The van der Waals surface area contributed by atoms with Crippen LogP contribution in [-0.2, 0) is 0 Å². The Kier molecular flexibility index (Phi) is 4.08. The average molecular weight is 299 g/mol. The summed E-state index contributed by atoms with van der Waals surface area (Å²) < 4.78 is 14.6. The lowest BCUT2D eigenvalue weighted by atomic mass is 10.0. The lowest BCUT2D eigenvalue weighted by Crippen LogP contribution is -2.28. The molecule has 0 saturated heterocycles. The van der Waals surface area contributed by atoms with Gasteiger partial charge in [-0.3, -0.25) is 9.59 Å². The maximum atomic E-state index is 13.0. The molecular weight excluding hydrogens is 285 g/mol. The Morgan fingerprint density at radius 3 is 2.36 bits per heavy atom. The third-order valence-corrected chi connectivity index (χ3v) is 3.30. The van der Waals surface area contributed by atoms with Crippen LogP contribution in [0.15, 0.2) is 35.3 Å². The molecule has 22 heavy (non-hydrogen) atoms. The molecule has 2 aromatic rings. The number of nitrogens with two attached hydrogens (primary N) is 1. The summed E-state index contributed by atoms with van der Waals surface area (Å²) in [5.41, 5.74) is 4.86. The number of aromatic nitrogens is 1. The van der Waals surface area contributed by atoms with Crippen molar-refractivity contribution in [3.8, 4) is 17.2 Å². The van der Waals surface area contributed by atoms with Gasteiger partial charge in [0, 0.05) is 17.8 Å². The van der Waals surface area contributed by atoms with Gasteiger partial charge in [-0.15, -0.1) is 0 Å². The fraction of sp³-hybridized carbons (Fsp3) is 0.188. The predicted octanol–water partition coefficient (Wildman–Crippen LogP) is 2.21. The molecule has 1 heterocycles. The van der Waals surface area contributed by atoms with Crippen LogP contribution in [0.25, 0.3) is 11.1 Å². The highest BCUT2D eigenvalue weighted by atomic mass is 19.1. The second kappa shape index (κ2) is 5.82. The van der Waals surface area contributed by atoms with Crippen LogP contribution >= 0.6 is 0 Å². The number of halogens is 1. The van der Waals surface area contributed by atoms with Gasteiger partial charge in [-0.2, -0.15) is 5.26 Å². The minimum atomic E-state index is -0.958. The quantitative estimate of drug-likeness (QED) is 0.942.